The first-order chi connectivity index (χ1) is 17.6. The number of benzene rings is 3. The van der Waals surface area contributed by atoms with Gasteiger partial charge in [-0.2, -0.15) is 0 Å². The number of pyridine rings is 1. The quantitative estimate of drug-likeness (QED) is 0.383. The Hall–Kier alpha value is -4.52. The van der Waals surface area contributed by atoms with Crippen LogP contribution >= 0.6 is 0 Å². The summed E-state index contributed by atoms with van der Waals surface area (Å²) in [6.07, 6.45) is 1.49. The van der Waals surface area contributed by atoms with E-state index in [0.29, 0.717) is 16.8 Å². The molecular weight excluding hydrogens is 464 g/mol. The Kier molecular flexibility index (Phi) is 6.81. The molecule has 3 N–H and O–H groups in total. The molecule has 7 heteroatoms. The topological polar surface area (TPSA) is 105 Å². The van der Waals surface area contributed by atoms with Crippen molar-refractivity contribution in [1.82, 2.24) is 4.98 Å². The van der Waals surface area contributed by atoms with E-state index in [9.17, 15) is 14.4 Å². The smallest absolute Gasteiger partial charge is 0.317 e. The molecule has 3 amide bonds. The number of carbonyl (C=O) groups is 3. The Bertz CT molecular complexity index is 1460. The summed E-state index contributed by atoms with van der Waals surface area (Å²) in [5.41, 5.74) is 6.46. The third-order valence-electron chi connectivity index (χ3n) is 6.51. The van der Waals surface area contributed by atoms with Gasteiger partial charge in [-0.3, -0.25) is 24.3 Å². The molecule has 0 fully saturated rings. The monoisotopic (exact) mass is 494 g/mol. The van der Waals surface area contributed by atoms with E-state index in [1.807, 2.05) is 70.2 Å². The Balaban J connectivity index is 1.96. The van der Waals surface area contributed by atoms with Crippen molar-refractivity contribution in [3.8, 4) is 0 Å². The molecule has 7 nitrogen and oxygen atoms in total. The van der Waals surface area contributed by atoms with Crippen LogP contribution in [0.1, 0.15) is 31.9 Å². The molecule has 1 unspecified atom stereocenters. The summed E-state index contributed by atoms with van der Waals surface area (Å²) >= 11 is 0. The van der Waals surface area contributed by atoms with Crippen LogP contribution in [-0.2, 0) is 19.9 Å². The Morgan fingerprint density at radius 1 is 0.865 bits per heavy atom. The maximum Gasteiger partial charge on any atom is 0.317 e. The van der Waals surface area contributed by atoms with Gasteiger partial charge in [-0.05, 0) is 42.2 Å². The van der Waals surface area contributed by atoms with Crippen LogP contribution < -0.4 is 16.0 Å². The minimum atomic E-state index is -1.72. The number of aromatic nitrogens is 1. The van der Waals surface area contributed by atoms with Crippen molar-refractivity contribution in [3.63, 3.8) is 0 Å². The van der Waals surface area contributed by atoms with Gasteiger partial charge < -0.3 is 11.1 Å². The molecule has 3 aromatic carbocycles. The lowest BCUT2D eigenvalue weighted by Gasteiger charge is -2.49. The first-order valence-corrected chi connectivity index (χ1v) is 12.0. The molecule has 0 aliphatic rings. The predicted octanol–water partition coefficient (Wildman–Crippen LogP) is 4.94. The Morgan fingerprint density at radius 3 is 2.11 bits per heavy atom. The van der Waals surface area contributed by atoms with Crippen LogP contribution in [-0.4, -0.2) is 22.7 Å². The zero-order valence-corrected chi connectivity index (χ0v) is 21.4. The number of aryl methyl sites for hydroxylation is 1. The second-order valence-corrected chi connectivity index (χ2v) is 10.0. The number of rotatable bonds is 5. The van der Waals surface area contributed by atoms with E-state index >= 15 is 0 Å². The van der Waals surface area contributed by atoms with Gasteiger partial charge in [0.2, 0.25) is 5.91 Å². The number of hydrogen-bond donors (Lipinski definition) is 2. The standard InChI is InChI=1S/C30H30N4O3/c1-20-14-16-23(17-15-20)33-26(35)27(36)34(24-18-21-10-8-9-13-25(21)32-19-24)30(28(31)37,29(2,3)4)22-11-6-5-7-12-22/h5-19H,1-4H3,(H2,31,37)(H,33,35). The minimum Gasteiger partial charge on any atom is -0.367 e. The Morgan fingerprint density at radius 2 is 1.49 bits per heavy atom. The number of fused-ring (bicyclic) bond motifs is 1. The first kappa shape index (κ1) is 25.6. The van der Waals surface area contributed by atoms with Gasteiger partial charge in [0.1, 0.15) is 0 Å². The fraction of sp³-hybridized carbons (Fsp3) is 0.200. The lowest BCUT2D eigenvalue weighted by Crippen LogP contribution is -2.65. The van der Waals surface area contributed by atoms with Crippen LogP contribution in [0.5, 0.6) is 0 Å². The van der Waals surface area contributed by atoms with Crippen LogP contribution in [0.15, 0.2) is 91.1 Å². The van der Waals surface area contributed by atoms with Crippen LogP contribution in [0.4, 0.5) is 11.4 Å². The van der Waals surface area contributed by atoms with Crippen LogP contribution in [0.3, 0.4) is 0 Å². The van der Waals surface area contributed by atoms with Gasteiger partial charge in [-0.25, -0.2) is 0 Å². The number of nitrogens with zero attached hydrogens (tertiary/aromatic N) is 2. The normalized spacial score (nSPS) is 13.0. The molecule has 0 radical (unpaired) electrons. The van der Waals surface area contributed by atoms with Crippen molar-refractivity contribution in [3.05, 3.63) is 102 Å². The summed E-state index contributed by atoms with van der Waals surface area (Å²) < 4.78 is 0. The molecule has 4 aromatic rings. The summed E-state index contributed by atoms with van der Waals surface area (Å²) in [4.78, 5) is 46.8. The molecule has 1 atom stereocenters. The maximum absolute atomic E-state index is 14.1. The number of carbonyl (C=O) groups excluding carboxylic acids is 3. The maximum atomic E-state index is 14.1. The van der Waals surface area contributed by atoms with E-state index in [-0.39, 0.29) is 5.69 Å². The number of nitrogens with two attached hydrogens (primary N) is 1. The molecular formula is C30H30N4O3. The summed E-state index contributed by atoms with van der Waals surface area (Å²) in [5, 5.41) is 3.41. The summed E-state index contributed by atoms with van der Waals surface area (Å²) in [6.45, 7) is 7.38. The molecule has 4 rings (SSSR count). The van der Waals surface area contributed by atoms with Gasteiger partial charge in [0.25, 0.3) is 0 Å². The third-order valence-corrected chi connectivity index (χ3v) is 6.51. The number of para-hydroxylation sites is 1. The van der Waals surface area contributed by atoms with Crippen LogP contribution in [0.25, 0.3) is 10.9 Å². The number of nitrogens with one attached hydrogen (secondary N) is 1. The largest absolute Gasteiger partial charge is 0.367 e. The summed E-state index contributed by atoms with van der Waals surface area (Å²) in [7, 11) is 0. The molecule has 0 saturated heterocycles. The van der Waals surface area contributed by atoms with Crippen molar-refractivity contribution < 1.29 is 14.4 Å². The molecule has 0 aliphatic carbocycles. The molecule has 0 bridgehead atoms. The predicted molar refractivity (Wildman–Crippen MR) is 146 cm³/mol. The summed E-state index contributed by atoms with van der Waals surface area (Å²) in [6, 6.07) is 25.1. The molecule has 37 heavy (non-hydrogen) atoms. The van der Waals surface area contributed by atoms with Crippen molar-refractivity contribution in [2.75, 3.05) is 10.2 Å². The van der Waals surface area contributed by atoms with Gasteiger partial charge in [-0.15, -0.1) is 0 Å². The molecule has 1 aromatic heterocycles. The van der Waals surface area contributed by atoms with E-state index < -0.39 is 28.7 Å². The van der Waals surface area contributed by atoms with Crippen molar-refractivity contribution in [2.45, 2.75) is 33.2 Å². The van der Waals surface area contributed by atoms with Gasteiger partial charge in [0, 0.05) is 11.1 Å². The fourth-order valence-electron chi connectivity index (χ4n) is 4.77. The number of primary amides is 1. The SMILES string of the molecule is Cc1ccc(NC(=O)C(=O)N(c2cnc3ccccc3c2)C(C(N)=O)(c2ccccc2)C(C)(C)C)cc1. The van der Waals surface area contributed by atoms with Crippen LogP contribution in [0.2, 0.25) is 0 Å². The minimum absolute atomic E-state index is 0.278. The van der Waals surface area contributed by atoms with Crippen molar-refractivity contribution in [2.24, 2.45) is 11.1 Å². The highest BCUT2D eigenvalue weighted by Crippen LogP contribution is 2.47. The lowest BCUT2D eigenvalue weighted by molar-refractivity contribution is -0.139. The van der Waals surface area contributed by atoms with Crippen LogP contribution in [0, 0.1) is 12.3 Å². The molecule has 0 spiro atoms. The third kappa shape index (κ3) is 4.68. The van der Waals surface area contributed by atoms with Gasteiger partial charge in [0.05, 0.1) is 17.4 Å². The highest BCUT2D eigenvalue weighted by molar-refractivity contribution is 6.45. The average molecular weight is 495 g/mol. The number of anilines is 2. The van der Waals surface area contributed by atoms with Gasteiger partial charge in [-0.1, -0.05) is 87.0 Å². The lowest BCUT2D eigenvalue weighted by atomic mass is 9.67. The number of amides is 3. The summed E-state index contributed by atoms with van der Waals surface area (Å²) in [5.74, 6) is -2.60. The highest BCUT2D eigenvalue weighted by atomic mass is 16.2. The molecule has 1 heterocycles. The first-order valence-electron chi connectivity index (χ1n) is 12.0. The van der Waals surface area contributed by atoms with E-state index in [2.05, 4.69) is 10.3 Å². The highest BCUT2D eigenvalue weighted by Gasteiger charge is 2.56. The van der Waals surface area contributed by atoms with E-state index in [4.69, 9.17) is 5.73 Å². The number of hydrogen-bond acceptors (Lipinski definition) is 4. The molecule has 188 valence electrons. The van der Waals surface area contributed by atoms with E-state index in [1.54, 1.807) is 42.5 Å². The van der Waals surface area contributed by atoms with E-state index in [1.165, 1.54) is 11.1 Å². The zero-order valence-electron chi connectivity index (χ0n) is 21.4. The van der Waals surface area contributed by atoms with Crippen molar-refractivity contribution >= 4 is 40.0 Å². The second kappa shape index (κ2) is 9.85. The fourth-order valence-corrected chi connectivity index (χ4v) is 4.77. The van der Waals surface area contributed by atoms with Crippen molar-refractivity contribution in [1.29, 1.82) is 0 Å². The molecule has 0 aliphatic heterocycles. The molecule has 0 saturated carbocycles. The van der Waals surface area contributed by atoms with Gasteiger partial charge >= 0.3 is 11.8 Å². The zero-order chi connectivity index (χ0) is 26.8. The Labute approximate surface area is 216 Å². The van der Waals surface area contributed by atoms with Gasteiger partial charge in [0.15, 0.2) is 5.54 Å². The average Bonchev–Trinajstić information content (AvgIpc) is 2.87. The van der Waals surface area contributed by atoms with E-state index in [0.717, 1.165) is 10.9 Å². The second-order valence-electron chi connectivity index (χ2n) is 10.0.